The van der Waals surface area contributed by atoms with E-state index in [2.05, 4.69) is 4.98 Å². The summed E-state index contributed by atoms with van der Waals surface area (Å²) in [5.41, 5.74) is 3.83. The zero-order valence-corrected chi connectivity index (χ0v) is 7.30. The largest absolute Gasteiger partial charge is 0.398 e. The molecule has 76 valence electrons. The fourth-order valence-corrected chi connectivity index (χ4v) is 1.65. The fraction of sp³-hybridized carbons (Fsp3) is 0.444. The van der Waals surface area contributed by atoms with Gasteiger partial charge in [-0.2, -0.15) is 13.2 Å². The zero-order chi connectivity index (χ0) is 10.4. The lowest BCUT2D eigenvalue weighted by Crippen LogP contribution is -2.29. The molecule has 2 rings (SSSR count). The van der Waals surface area contributed by atoms with Crippen molar-refractivity contribution in [2.24, 2.45) is 0 Å². The Balaban J connectivity index is 2.46. The third-order valence-corrected chi connectivity index (χ3v) is 2.65. The summed E-state index contributed by atoms with van der Waals surface area (Å²) in [5, 5.41) is 0. The lowest BCUT2D eigenvalue weighted by atomic mass is 9.96. The molecule has 1 fully saturated rings. The number of hydrogen-bond donors (Lipinski definition) is 1. The van der Waals surface area contributed by atoms with Crippen LogP contribution in [0.3, 0.4) is 0 Å². The van der Waals surface area contributed by atoms with E-state index < -0.39 is 11.6 Å². The van der Waals surface area contributed by atoms with Gasteiger partial charge in [0.1, 0.15) is 5.82 Å². The van der Waals surface area contributed by atoms with Crippen molar-refractivity contribution in [2.75, 3.05) is 5.73 Å². The van der Waals surface area contributed by atoms with Crippen LogP contribution in [-0.2, 0) is 5.41 Å². The van der Waals surface area contributed by atoms with Crippen molar-refractivity contribution in [3.05, 3.63) is 23.9 Å². The summed E-state index contributed by atoms with van der Waals surface area (Å²) in [6.45, 7) is 0. The Bertz CT molecular complexity index is 355. The lowest BCUT2D eigenvalue weighted by molar-refractivity contribution is -0.160. The van der Waals surface area contributed by atoms with E-state index in [0.717, 1.165) is 0 Å². The topological polar surface area (TPSA) is 38.9 Å². The fourth-order valence-electron chi connectivity index (χ4n) is 1.65. The minimum absolute atomic E-state index is 0.0117. The number of aromatic nitrogens is 1. The van der Waals surface area contributed by atoms with Gasteiger partial charge in [-0.05, 0) is 18.9 Å². The van der Waals surface area contributed by atoms with Gasteiger partial charge in [0.2, 0.25) is 0 Å². The van der Waals surface area contributed by atoms with E-state index in [1.54, 1.807) is 0 Å². The number of pyridine rings is 1. The predicted molar refractivity (Wildman–Crippen MR) is 45.6 cm³/mol. The summed E-state index contributed by atoms with van der Waals surface area (Å²) in [5.74, 6) is -0.0117. The van der Waals surface area contributed by atoms with Crippen molar-refractivity contribution in [1.29, 1.82) is 0 Å². The van der Waals surface area contributed by atoms with Crippen molar-refractivity contribution in [2.45, 2.75) is 24.4 Å². The molecule has 0 aliphatic heterocycles. The second-order valence-corrected chi connectivity index (χ2v) is 3.52. The number of alkyl halides is 3. The van der Waals surface area contributed by atoms with E-state index in [1.807, 2.05) is 0 Å². The normalized spacial score (nSPS) is 19.4. The van der Waals surface area contributed by atoms with Crippen molar-refractivity contribution >= 4 is 5.82 Å². The number of nitrogens with zero attached hydrogens (tertiary/aromatic N) is 1. The van der Waals surface area contributed by atoms with Gasteiger partial charge >= 0.3 is 6.18 Å². The van der Waals surface area contributed by atoms with Crippen LogP contribution >= 0.6 is 0 Å². The lowest BCUT2D eigenvalue weighted by Gasteiger charge is -2.20. The first kappa shape index (κ1) is 9.30. The summed E-state index contributed by atoms with van der Waals surface area (Å²) in [7, 11) is 0. The third-order valence-electron chi connectivity index (χ3n) is 2.65. The highest BCUT2D eigenvalue weighted by atomic mass is 19.4. The molecule has 2 N–H and O–H groups in total. The van der Waals surface area contributed by atoms with Crippen LogP contribution in [0.25, 0.3) is 0 Å². The summed E-state index contributed by atoms with van der Waals surface area (Å²) < 4.78 is 38.0. The summed E-state index contributed by atoms with van der Waals surface area (Å²) in [6.07, 6.45) is -2.59. The van der Waals surface area contributed by atoms with E-state index in [9.17, 15) is 13.2 Å². The summed E-state index contributed by atoms with van der Waals surface area (Å²) in [4.78, 5) is 3.68. The van der Waals surface area contributed by atoms with E-state index >= 15 is 0 Å². The molecule has 1 aliphatic rings. The van der Waals surface area contributed by atoms with Crippen LogP contribution in [0.2, 0.25) is 0 Å². The Morgan fingerprint density at radius 1 is 1.36 bits per heavy atom. The van der Waals surface area contributed by atoms with Crippen LogP contribution in [0.1, 0.15) is 18.4 Å². The maximum atomic E-state index is 12.7. The van der Waals surface area contributed by atoms with Gasteiger partial charge in [-0.1, -0.05) is 6.07 Å². The highest BCUT2D eigenvalue weighted by molar-refractivity contribution is 5.48. The van der Waals surface area contributed by atoms with Gasteiger partial charge in [0.05, 0.1) is 5.41 Å². The van der Waals surface area contributed by atoms with Gasteiger partial charge in [-0.15, -0.1) is 0 Å². The van der Waals surface area contributed by atoms with Crippen molar-refractivity contribution < 1.29 is 13.2 Å². The Morgan fingerprint density at radius 3 is 2.43 bits per heavy atom. The van der Waals surface area contributed by atoms with Crippen LogP contribution in [0, 0.1) is 0 Å². The molecular formula is C9H9F3N2. The molecule has 1 saturated carbocycles. The summed E-state index contributed by atoms with van der Waals surface area (Å²) in [6, 6.07) is 2.89. The van der Waals surface area contributed by atoms with E-state index in [1.165, 1.54) is 18.3 Å². The molecular weight excluding hydrogens is 193 g/mol. The maximum Gasteiger partial charge on any atom is 0.398 e. The minimum Gasteiger partial charge on any atom is -0.383 e. The Labute approximate surface area is 78.9 Å². The molecule has 0 aromatic carbocycles. The van der Waals surface area contributed by atoms with E-state index in [4.69, 9.17) is 5.73 Å². The molecule has 1 aliphatic carbocycles. The number of nitrogens with two attached hydrogens (primary N) is 1. The standard InChI is InChI=1S/C9H9F3N2/c10-9(11,12)8(3-4-8)6-2-1-5-14-7(6)13/h1-2,5H,3-4H2,(H2,13,14). The zero-order valence-electron chi connectivity index (χ0n) is 7.30. The van der Waals surface area contributed by atoms with Gasteiger partial charge in [0.15, 0.2) is 0 Å². The van der Waals surface area contributed by atoms with Crippen molar-refractivity contribution in [3.63, 3.8) is 0 Å². The Morgan fingerprint density at radius 2 is 2.00 bits per heavy atom. The summed E-state index contributed by atoms with van der Waals surface area (Å²) >= 11 is 0. The van der Waals surface area contributed by atoms with Crippen molar-refractivity contribution in [3.8, 4) is 0 Å². The molecule has 1 aromatic heterocycles. The molecule has 2 nitrogen and oxygen atoms in total. The smallest absolute Gasteiger partial charge is 0.383 e. The second-order valence-electron chi connectivity index (χ2n) is 3.52. The molecule has 0 spiro atoms. The maximum absolute atomic E-state index is 12.7. The van der Waals surface area contributed by atoms with Crippen molar-refractivity contribution in [1.82, 2.24) is 4.98 Å². The van der Waals surface area contributed by atoms with E-state index in [0.29, 0.717) is 0 Å². The van der Waals surface area contributed by atoms with Gasteiger partial charge in [0, 0.05) is 11.8 Å². The van der Waals surface area contributed by atoms with Crippen LogP contribution in [0.4, 0.5) is 19.0 Å². The molecule has 1 heterocycles. The first-order valence-electron chi connectivity index (χ1n) is 4.25. The molecule has 0 saturated heterocycles. The Hall–Kier alpha value is -1.26. The molecule has 0 atom stereocenters. The number of anilines is 1. The highest BCUT2D eigenvalue weighted by Gasteiger charge is 2.65. The number of rotatable bonds is 1. The third kappa shape index (κ3) is 1.15. The molecule has 0 unspecified atom stereocenters. The van der Waals surface area contributed by atoms with Gasteiger partial charge in [-0.3, -0.25) is 0 Å². The van der Waals surface area contributed by atoms with Gasteiger partial charge in [0.25, 0.3) is 0 Å². The number of halogens is 3. The first-order valence-corrected chi connectivity index (χ1v) is 4.25. The van der Waals surface area contributed by atoms with Crippen LogP contribution in [-0.4, -0.2) is 11.2 Å². The predicted octanol–water partition coefficient (Wildman–Crippen LogP) is 2.26. The quantitative estimate of drug-likeness (QED) is 0.758. The highest BCUT2D eigenvalue weighted by Crippen LogP contribution is 2.59. The monoisotopic (exact) mass is 202 g/mol. The van der Waals surface area contributed by atoms with Crippen LogP contribution in [0.15, 0.2) is 18.3 Å². The van der Waals surface area contributed by atoms with Crippen LogP contribution < -0.4 is 5.73 Å². The molecule has 0 amide bonds. The van der Waals surface area contributed by atoms with E-state index in [-0.39, 0.29) is 24.2 Å². The van der Waals surface area contributed by atoms with Crippen LogP contribution in [0.5, 0.6) is 0 Å². The average molecular weight is 202 g/mol. The minimum atomic E-state index is -4.22. The molecule has 1 aromatic rings. The SMILES string of the molecule is Nc1ncccc1C1(C(F)(F)F)CC1. The van der Waals surface area contributed by atoms with Gasteiger partial charge in [-0.25, -0.2) is 4.98 Å². The molecule has 14 heavy (non-hydrogen) atoms. The average Bonchev–Trinajstić information content (AvgIpc) is 2.84. The number of nitrogen functional groups attached to an aromatic ring is 1. The number of hydrogen-bond acceptors (Lipinski definition) is 2. The molecule has 5 heteroatoms. The second kappa shape index (κ2) is 2.62. The molecule has 0 bridgehead atoms. The van der Waals surface area contributed by atoms with Gasteiger partial charge < -0.3 is 5.73 Å². The molecule has 0 radical (unpaired) electrons. The first-order chi connectivity index (χ1) is 6.47. The Kier molecular flexibility index (Phi) is 1.74.